The van der Waals surface area contributed by atoms with E-state index in [4.69, 9.17) is 0 Å². The Bertz CT molecular complexity index is 304. The first kappa shape index (κ1) is 14.2. The van der Waals surface area contributed by atoms with E-state index in [1.54, 1.807) is 0 Å². The molecule has 3 heteroatoms. The molecule has 1 rings (SSSR count). The van der Waals surface area contributed by atoms with E-state index >= 15 is 0 Å². The smallest absolute Gasteiger partial charge is 0.108 e. The fourth-order valence-corrected chi connectivity index (χ4v) is 2.15. The third kappa shape index (κ3) is 4.15. The van der Waals surface area contributed by atoms with Crippen molar-refractivity contribution in [2.75, 3.05) is 13.1 Å². The van der Waals surface area contributed by atoms with Crippen LogP contribution in [-0.2, 0) is 6.42 Å². The van der Waals surface area contributed by atoms with Gasteiger partial charge in [-0.2, -0.15) is 0 Å². The van der Waals surface area contributed by atoms with Crippen LogP contribution in [0.5, 0.6) is 0 Å². The normalized spacial score (nSPS) is 13.2. The van der Waals surface area contributed by atoms with Gasteiger partial charge in [-0.25, -0.2) is 4.98 Å². The van der Waals surface area contributed by atoms with E-state index in [1.807, 2.05) is 6.20 Å². The summed E-state index contributed by atoms with van der Waals surface area (Å²) in [6.07, 6.45) is 7.48. The van der Waals surface area contributed by atoms with Crippen LogP contribution in [0.4, 0.5) is 0 Å². The second-order valence-electron chi connectivity index (χ2n) is 5.02. The van der Waals surface area contributed by atoms with Gasteiger partial charge >= 0.3 is 0 Å². The monoisotopic (exact) mass is 237 g/mol. The van der Waals surface area contributed by atoms with Crippen LogP contribution in [0.1, 0.15) is 52.4 Å². The standard InChI is InChI=1S/C14H27N3/c1-5-7-14-16-9-10-17(14)13(12(3)4)11-15-8-6-2/h9-10,12-13,15H,5-8,11H2,1-4H3. The maximum atomic E-state index is 4.47. The lowest BCUT2D eigenvalue weighted by Gasteiger charge is -2.25. The molecule has 1 aromatic rings. The third-order valence-corrected chi connectivity index (χ3v) is 3.13. The number of nitrogens with zero attached hydrogens (tertiary/aromatic N) is 2. The second kappa shape index (κ2) is 7.49. The molecule has 0 bridgehead atoms. The van der Waals surface area contributed by atoms with E-state index in [1.165, 1.54) is 12.2 Å². The van der Waals surface area contributed by atoms with Crippen molar-refractivity contribution < 1.29 is 0 Å². The number of aryl methyl sites for hydroxylation is 1. The molecule has 0 fully saturated rings. The van der Waals surface area contributed by atoms with Crippen molar-refractivity contribution in [2.24, 2.45) is 5.92 Å². The van der Waals surface area contributed by atoms with Crippen molar-refractivity contribution in [2.45, 2.75) is 53.0 Å². The lowest BCUT2D eigenvalue weighted by molar-refractivity contribution is 0.348. The minimum absolute atomic E-state index is 0.519. The Hall–Kier alpha value is -0.830. The maximum absolute atomic E-state index is 4.47. The molecule has 1 atom stereocenters. The summed E-state index contributed by atoms with van der Waals surface area (Å²) in [6.45, 7) is 11.1. The van der Waals surface area contributed by atoms with Gasteiger partial charge in [-0.15, -0.1) is 0 Å². The Kier molecular flexibility index (Phi) is 6.27. The number of hydrogen-bond donors (Lipinski definition) is 1. The van der Waals surface area contributed by atoms with Crippen LogP contribution in [0.15, 0.2) is 12.4 Å². The van der Waals surface area contributed by atoms with E-state index in [0.29, 0.717) is 12.0 Å². The molecule has 0 amide bonds. The van der Waals surface area contributed by atoms with E-state index in [2.05, 4.69) is 48.8 Å². The summed E-state index contributed by atoms with van der Waals surface area (Å²) in [7, 11) is 0. The summed E-state index contributed by atoms with van der Waals surface area (Å²) in [6, 6.07) is 0.519. The highest BCUT2D eigenvalue weighted by atomic mass is 15.1. The molecule has 0 aliphatic rings. The first-order valence-corrected chi connectivity index (χ1v) is 6.93. The van der Waals surface area contributed by atoms with E-state index in [0.717, 1.165) is 25.9 Å². The minimum Gasteiger partial charge on any atom is -0.330 e. The lowest BCUT2D eigenvalue weighted by Crippen LogP contribution is -2.30. The molecular weight excluding hydrogens is 210 g/mol. The van der Waals surface area contributed by atoms with Gasteiger partial charge < -0.3 is 9.88 Å². The zero-order valence-electron chi connectivity index (χ0n) is 11.7. The molecule has 1 aromatic heterocycles. The zero-order chi connectivity index (χ0) is 12.7. The van der Waals surface area contributed by atoms with E-state index < -0.39 is 0 Å². The lowest BCUT2D eigenvalue weighted by atomic mass is 10.0. The summed E-state index contributed by atoms with van der Waals surface area (Å²) < 4.78 is 2.36. The molecule has 0 aliphatic carbocycles. The van der Waals surface area contributed by atoms with Crippen LogP contribution < -0.4 is 5.32 Å². The Morgan fingerprint density at radius 2 is 2.06 bits per heavy atom. The van der Waals surface area contributed by atoms with Gasteiger partial charge in [0, 0.05) is 31.4 Å². The van der Waals surface area contributed by atoms with Crippen molar-refractivity contribution in [3.05, 3.63) is 18.2 Å². The Labute approximate surface area is 106 Å². The second-order valence-corrected chi connectivity index (χ2v) is 5.02. The molecule has 0 aliphatic heterocycles. The van der Waals surface area contributed by atoms with Crippen LogP contribution >= 0.6 is 0 Å². The predicted octanol–water partition coefficient (Wildman–Crippen LogP) is 3.03. The first-order chi connectivity index (χ1) is 8.20. The highest BCUT2D eigenvalue weighted by Crippen LogP contribution is 2.19. The number of aromatic nitrogens is 2. The number of imidazole rings is 1. The van der Waals surface area contributed by atoms with Crippen molar-refractivity contribution >= 4 is 0 Å². The van der Waals surface area contributed by atoms with Crippen molar-refractivity contribution in [3.8, 4) is 0 Å². The Balaban J connectivity index is 2.71. The minimum atomic E-state index is 0.519. The molecule has 0 aromatic carbocycles. The van der Waals surface area contributed by atoms with Crippen LogP contribution in [-0.4, -0.2) is 22.6 Å². The average Bonchev–Trinajstić information content (AvgIpc) is 2.73. The first-order valence-electron chi connectivity index (χ1n) is 6.93. The highest BCUT2D eigenvalue weighted by Gasteiger charge is 2.17. The number of rotatable bonds is 8. The molecule has 1 N–H and O–H groups in total. The van der Waals surface area contributed by atoms with Gasteiger partial charge in [0.2, 0.25) is 0 Å². The summed E-state index contributed by atoms with van der Waals surface area (Å²) >= 11 is 0. The zero-order valence-corrected chi connectivity index (χ0v) is 11.7. The largest absolute Gasteiger partial charge is 0.330 e. The van der Waals surface area contributed by atoms with Gasteiger partial charge in [0.05, 0.1) is 0 Å². The summed E-state index contributed by atoms with van der Waals surface area (Å²) in [4.78, 5) is 4.47. The Morgan fingerprint density at radius 1 is 1.29 bits per heavy atom. The van der Waals surface area contributed by atoms with Gasteiger partial charge in [-0.05, 0) is 25.3 Å². The van der Waals surface area contributed by atoms with Gasteiger partial charge in [0.25, 0.3) is 0 Å². The van der Waals surface area contributed by atoms with Crippen molar-refractivity contribution in [1.29, 1.82) is 0 Å². The van der Waals surface area contributed by atoms with Crippen molar-refractivity contribution in [3.63, 3.8) is 0 Å². The summed E-state index contributed by atoms with van der Waals surface area (Å²) in [5, 5.41) is 3.53. The van der Waals surface area contributed by atoms with Crippen LogP contribution in [0.3, 0.4) is 0 Å². The molecule has 17 heavy (non-hydrogen) atoms. The summed E-state index contributed by atoms with van der Waals surface area (Å²) in [5.74, 6) is 1.86. The SMILES string of the molecule is CCCNCC(C(C)C)n1ccnc1CCC. The maximum Gasteiger partial charge on any atom is 0.108 e. The molecule has 98 valence electrons. The van der Waals surface area contributed by atoms with Gasteiger partial charge in [-0.3, -0.25) is 0 Å². The number of hydrogen-bond acceptors (Lipinski definition) is 2. The molecular formula is C14H27N3. The van der Waals surface area contributed by atoms with Gasteiger partial charge in [0.15, 0.2) is 0 Å². The molecule has 0 saturated carbocycles. The fourth-order valence-electron chi connectivity index (χ4n) is 2.15. The highest BCUT2D eigenvalue weighted by molar-refractivity contribution is 4.96. The number of nitrogens with one attached hydrogen (secondary N) is 1. The fraction of sp³-hybridized carbons (Fsp3) is 0.786. The van der Waals surface area contributed by atoms with E-state index in [-0.39, 0.29) is 0 Å². The average molecular weight is 237 g/mol. The summed E-state index contributed by atoms with van der Waals surface area (Å²) in [5.41, 5.74) is 0. The molecule has 0 radical (unpaired) electrons. The van der Waals surface area contributed by atoms with Crippen LogP contribution in [0.25, 0.3) is 0 Å². The molecule has 3 nitrogen and oxygen atoms in total. The Morgan fingerprint density at radius 3 is 2.65 bits per heavy atom. The van der Waals surface area contributed by atoms with Gasteiger partial charge in [0.1, 0.15) is 5.82 Å². The van der Waals surface area contributed by atoms with Crippen molar-refractivity contribution in [1.82, 2.24) is 14.9 Å². The predicted molar refractivity (Wildman–Crippen MR) is 73.3 cm³/mol. The topological polar surface area (TPSA) is 29.9 Å². The van der Waals surface area contributed by atoms with Gasteiger partial charge in [-0.1, -0.05) is 27.7 Å². The molecule has 1 heterocycles. The van der Waals surface area contributed by atoms with E-state index in [9.17, 15) is 0 Å². The van der Waals surface area contributed by atoms with Crippen LogP contribution in [0, 0.1) is 5.92 Å². The molecule has 0 saturated heterocycles. The molecule has 1 unspecified atom stereocenters. The third-order valence-electron chi connectivity index (χ3n) is 3.13. The van der Waals surface area contributed by atoms with Crippen LogP contribution in [0.2, 0.25) is 0 Å². The quantitative estimate of drug-likeness (QED) is 0.704. The molecule has 0 spiro atoms.